The van der Waals surface area contributed by atoms with Gasteiger partial charge in [0, 0.05) is 17.3 Å². The van der Waals surface area contributed by atoms with Crippen molar-refractivity contribution in [1.29, 1.82) is 5.26 Å². The summed E-state index contributed by atoms with van der Waals surface area (Å²) in [7, 11) is 0. The van der Waals surface area contributed by atoms with E-state index in [1.54, 1.807) is 10.8 Å². The minimum atomic E-state index is -0.218. The molecule has 4 rings (SSSR count). The van der Waals surface area contributed by atoms with E-state index in [2.05, 4.69) is 16.5 Å². The van der Waals surface area contributed by atoms with Gasteiger partial charge in [-0.2, -0.15) is 10.4 Å². The molecule has 2 heterocycles. The van der Waals surface area contributed by atoms with Crippen molar-refractivity contribution in [2.24, 2.45) is 0 Å². The van der Waals surface area contributed by atoms with Crippen LogP contribution < -0.4 is 10.2 Å². The van der Waals surface area contributed by atoms with Crippen LogP contribution in [0.2, 0.25) is 0 Å². The molecule has 0 saturated carbocycles. The van der Waals surface area contributed by atoms with E-state index < -0.39 is 0 Å². The van der Waals surface area contributed by atoms with Gasteiger partial charge in [0.1, 0.15) is 5.70 Å². The molecule has 1 aliphatic rings. The summed E-state index contributed by atoms with van der Waals surface area (Å²) >= 11 is 5.38. The summed E-state index contributed by atoms with van der Waals surface area (Å²) in [6.45, 7) is 0.482. The Balaban J connectivity index is 1.72. The van der Waals surface area contributed by atoms with Gasteiger partial charge >= 0.3 is 0 Å². The summed E-state index contributed by atoms with van der Waals surface area (Å²) in [5.74, 6) is -0.218. The molecule has 1 aromatic heterocycles. The lowest BCUT2D eigenvalue weighted by atomic mass is 10.1. The van der Waals surface area contributed by atoms with E-state index in [9.17, 15) is 4.79 Å². The summed E-state index contributed by atoms with van der Waals surface area (Å²) in [6, 6.07) is 21.1. The first-order valence-corrected chi connectivity index (χ1v) is 9.50. The second kappa shape index (κ2) is 8.09. The lowest BCUT2D eigenvalue weighted by Crippen LogP contribution is -2.30. The molecule has 0 radical (unpaired) electrons. The Morgan fingerprint density at radius 3 is 2.48 bits per heavy atom. The molecule has 0 atom stereocenters. The predicted molar refractivity (Wildman–Crippen MR) is 116 cm³/mol. The number of nitrogens with zero attached hydrogens (tertiary/aromatic N) is 4. The zero-order valence-electron chi connectivity index (χ0n) is 15.4. The van der Waals surface area contributed by atoms with Crippen molar-refractivity contribution in [1.82, 2.24) is 15.1 Å². The van der Waals surface area contributed by atoms with Gasteiger partial charge in [-0.15, -0.1) is 0 Å². The number of para-hydroxylation sites is 1. The van der Waals surface area contributed by atoms with Crippen LogP contribution >= 0.6 is 12.2 Å². The van der Waals surface area contributed by atoms with E-state index in [0.717, 1.165) is 16.8 Å². The topological polar surface area (TPSA) is 74.0 Å². The number of anilines is 1. The highest BCUT2D eigenvalue weighted by molar-refractivity contribution is 7.80. The quantitative estimate of drug-likeness (QED) is 0.523. The van der Waals surface area contributed by atoms with Crippen LogP contribution in [0.3, 0.4) is 0 Å². The number of hydrogen-bond acceptors (Lipinski definition) is 4. The number of amides is 1. The molecule has 1 fully saturated rings. The van der Waals surface area contributed by atoms with E-state index in [0.29, 0.717) is 29.5 Å². The fourth-order valence-electron chi connectivity index (χ4n) is 3.14. The third-order valence-electron chi connectivity index (χ3n) is 4.48. The van der Waals surface area contributed by atoms with Crippen LogP contribution in [0.15, 0.2) is 72.6 Å². The molecule has 1 N–H and O–H groups in total. The highest BCUT2D eigenvalue weighted by Crippen LogP contribution is 2.27. The monoisotopic (exact) mass is 399 g/mol. The number of aromatic nitrogens is 2. The molecule has 0 unspecified atom stereocenters. The maximum Gasteiger partial charge on any atom is 0.281 e. The number of carbonyl (C=O) groups excluding carboxylic acids is 1. The number of nitrogens with one attached hydrogen (secondary N) is 1. The van der Waals surface area contributed by atoms with Gasteiger partial charge in [0.15, 0.2) is 5.11 Å². The van der Waals surface area contributed by atoms with Crippen LogP contribution in [0, 0.1) is 11.3 Å². The van der Waals surface area contributed by atoms with Crippen LogP contribution in [-0.2, 0) is 11.3 Å². The first-order valence-electron chi connectivity index (χ1n) is 9.09. The number of benzene rings is 2. The van der Waals surface area contributed by atoms with E-state index in [1.807, 2.05) is 66.9 Å². The van der Waals surface area contributed by atoms with Crippen molar-refractivity contribution in [3.8, 4) is 17.3 Å². The summed E-state index contributed by atoms with van der Waals surface area (Å²) < 4.78 is 1.73. The fraction of sp³-hybridized carbons (Fsp3) is 0.0909. The summed E-state index contributed by atoms with van der Waals surface area (Å²) in [6.07, 6.45) is 3.96. The minimum Gasteiger partial charge on any atom is -0.327 e. The second-order valence-electron chi connectivity index (χ2n) is 6.43. The van der Waals surface area contributed by atoms with E-state index in [4.69, 9.17) is 17.5 Å². The number of hydrogen-bond donors (Lipinski definition) is 1. The van der Waals surface area contributed by atoms with Crippen molar-refractivity contribution < 1.29 is 4.79 Å². The fourth-order valence-corrected chi connectivity index (χ4v) is 3.44. The van der Waals surface area contributed by atoms with Crippen LogP contribution in [0.1, 0.15) is 12.0 Å². The summed E-state index contributed by atoms with van der Waals surface area (Å²) in [5.41, 5.74) is 3.56. The maximum atomic E-state index is 13.0. The molecule has 0 spiro atoms. The minimum absolute atomic E-state index is 0.218. The zero-order chi connectivity index (χ0) is 20.2. The van der Waals surface area contributed by atoms with Gasteiger partial charge < -0.3 is 5.32 Å². The van der Waals surface area contributed by atoms with E-state index in [-0.39, 0.29) is 5.91 Å². The molecular weight excluding hydrogens is 382 g/mol. The molecule has 0 aliphatic carbocycles. The molecule has 0 bridgehead atoms. The Labute approximate surface area is 173 Å². The number of thiocarbonyl (C=S) groups is 1. The SMILES string of the molecule is N#CCCn1cc(C=C2NC(=S)N(c3ccccc3)C2=O)c(-c2ccccc2)n1. The predicted octanol–water partition coefficient (Wildman–Crippen LogP) is 3.73. The molecule has 3 aromatic rings. The molecular formula is C22H17N5OS. The van der Waals surface area contributed by atoms with Crippen molar-refractivity contribution in [2.75, 3.05) is 4.90 Å². The van der Waals surface area contributed by atoms with Crippen LogP contribution in [0.5, 0.6) is 0 Å². The number of aryl methyl sites for hydroxylation is 1. The first-order chi connectivity index (χ1) is 14.2. The first kappa shape index (κ1) is 18.6. The number of rotatable bonds is 5. The molecule has 1 saturated heterocycles. The smallest absolute Gasteiger partial charge is 0.281 e. The van der Waals surface area contributed by atoms with Crippen molar-refractivity contribution in [3.63, 3.8) is 0 Å². The average Bonchev–Trinajstić information content (AvgIpc) is 3.28. The Kier molecular flexibility index (Phi) is 5.18. The van der Waals surface area contributed by atoms with Crippen molar-refractivity contribution in [3.05, 3.63) is 78.1 Å². The summed E-state index contributed by atoms with van der Waals surface area (Å²) in [4.78, 5) is 14.5. The molecule has 7 heteroatoms. The standard InChI is InChI=1S/C22H17N5OS/c23-12-7-13-26-15-17(20(25-26)16-8-3-1-4-9-16)14-19-21(28)27(22(29)24-19)18-10-5-2-6-11-18/h1-6,8-11,14-15H,7,13H2,(H,24,29). The maximum absolute atomic E-state index is 13.0. The number of nitriles is 1. The normalized spacial score (nSPS) is 14.9. The van der Waals surface area contributed by atoms with Crippen LogP contribution in [0.4, 0.5) is 5.69 Å². The van der Waals surface area contributed by atoms with Crippen LogP contribution in [0.25, 0.3) is 17.3 Å². The highest BCUT2D eigenvalue weighted by Gasteiger charge is 2.32. The largest absolute Gasteiger partial charge is 0.327 e. The van der Waals surface area contributed by atoms with Crippen LogP contribution in [-0.4, -0.2) is 20.8 Å². The Morgan fingerprint density at radius 1 is 1.10 bits per heavy atom. The molecule has 2 aromatic carbocycles. The molecule has 1 amide bonds. The van der Waals surface area contributed by atoms with Gasteiger partial charge in [-0.3, -0.25) is 14.4 Å². The third-order valence-corrected chi connectivity index (χ3v) is 4.77. The average molecular weight is 399 g/mol. The zero-order valence-corrected chi connectivity index (χ0v) is 16.3. The summed E-state index contributed by atoms with van der Waals surface area (Å²) in [5, 5.41) is 16.8. The Bertz CT molecular complexity index is 1130. The molecule has 142 valence electrons. The Hall–Kier alpha value is -3.76. The lowest BCUT2D eigenvalue weighted by Gasteiger charge is -2.13. The molecule has 29 heavy (non-hydrogen) atoms. The van der Waals surface area contributed by atoms with Gasteiger partial charge in [-0.05, 0) is 30.4 Å². The van der Waals surface area contributed by atoms with Crippen molar-refractivity contribution in [2.45, 2.75) is 13.0 Å². The molecule has 1 aliphatic heterocycles. The van der Waals surface area contributed by atoms with Gasteiger partial charge in [-0.1, -0.05) is 48.5 Å². The van der Waals surface area contributed by atoms with Gasteiger partial charge in [0.05, 0.1) is 30.4 Å². The molecule has 6 nitrogen and oxygen atoms in total. The van der Waals surface area contributed by atoms with E-state index in [1.165, 1.54) is 4.90 Å². The second-order valence-corrected chi connectivity index (χ2v) is 6.82. The van der Waals surface area contributed by atoms with Crippen molar-refractivity contribution >= 4 is 35.0 Å². The highest BCUT2D eigenvalue weighted by atomic mass is 32.1. The number of carbonyl (C=O) groups is 1. The van der Waals surface area contributed by atoms with Gasteiger partial charge in [-0.25, -0.2) is 0 Å². The van der Waals surface area contributed by atoms with E-state index >= 15 is 0 Å². The lowest BCUT2D eigenvalue weighted by molar-refractivity contribution is -0.113. The van der Waals surface area contributed by atoms with Gasteiger partial charge in [0.25, 0.3) is 5.91 Å². The third kappa shape index (κ3) is 3.79. The Morgan fingerprint density at radius 2 is 1.79 bits per heavy atom. The van der Waals surface area contributed by atoms with Gasteiger partial charge in [0.2, 0.25) is 0 Å².